The molecule has 0 bridgehead atoms. The molecule has 27 heavy (non-hydrogen) atoms. The molecule has 2 unspecified atom stereocenters. The number of likely N-dealkylation sites (N-methyl/N-ethyl adjacent to an activating group) is 2. The lowest BCUT2D eigenvalue weighted by Crippen LogP contribution is -2.55. The van der Waals surface area contributed by atoms with Gasteiger partial charge in [0.15, 0.2) is 5.96 Å². The third-order valence-corrected chi connectivity index (χ3v) is 4.96. The van der Waals surface area contributed by atoms with Crippen molar-refractivity contribution in [3.8, 4) is 0 Å². The Labute approximate surface area is 189 Å². The smallest absolute Gasteiger partial charge is 0.191 e. The van der Waals surface area contributed by atoms with Crippen molar-refractivity contribution in [3.63, 3.8) is 0 Å². The van der Waals surface area contributed by atoms with E-state index >= 15 is 0 Å². The van der Waals surface area contributed by atoms with E-state index in [1.54, 1.807) is 18.2 Å². The Morgan fingerprint density at radius 2 is 1.89 bits per heavy atom. The van der Waals surface area contributed by atoms with Gasteiger partial charge in [-0.05, 0) is 44.8 Å². The summed E-state index contributed by atoms with van der Waals surface area (Å²) in [4.78, 5) is 9.20. The van der Waals surface area contributed by atoms with Crippen molar-refractivity contribution in [1.82, 2.24) is 20.4 Å². The average molecular weight is 530 g/mol. The van der Waals surface area contributed by atoms with Crippen molar-refractivity contribution in [2.45, 2.75) is 19.1 Å². The van der Waals surface area contributed by atoms with Crippen molar-refractivity contribution in [2.24, 2.45) is 4.99 Å². The van der Waals surface area contributed by atoms with E-state index in [0.29, 0.717) is 27.6 Å². The molecule has 1 saturated heterocycles. The lowest BCUT2D eigenvalue weighted by molar-refractivity contribution is 0.116. The molecule has 0 aromatic heterocycles. The summed E-state index contributed by atoms with van der Waals surface area (Å²) in [5.74, 6) is 0.696. The van der Waals surface area contributed by atoms with Crippen LogP contribution in [0.3, 0.4) is 0 Å². The van der Waals surface area contributed by atoms with E-state index < -0.39 is 6.10 Å². The third-order valence-electron chi connectivity index (χ3n) is 4.52. The maximum Gasteiger partial charge on any atom is 0.191 e. The topological polar surface area (TPSA) is 63.1 Å². The summed E-state index contributed by atoms with van der Waals surface area (Å²) in [6, 6.07) is 5.49. The second-order valence-electron chi connectivity index (χ2n) is 6.72. The zero-order chi connectivity index (χ0) is 19.1. The Hall–Kier alpha value is -0.320. The molecule has 9 heteroatoms. The number of benzene rings is 1. The van der Waals surface area contributed by atoms with Crippen LogP contribution in [0.4, 0.5) is 0 Å². The lowest BCUT2D eigenvalue weighted by Gasteiger charge is -2.37. The summed E-state index contributed by atoms with van der Waals surface area (Å²) in [6.45, 7) is 6.97. The number of nitrogens with one attached hydrogen (secondary N) is 2. The number of piperazine rings is 1. The highest BCUT2D eigenvalue weighted by molar-refractivity contribution is 14.0. The van der Waals surface area contributed by atoms with E-state index in [-0.39, 0.29) is 30.5 Å². The highest BCUT2D eigenvalue weighted by Crippen LogP contribution is 2.23. The molecular weight excluding hydrogens is 500 g/mol. The monoisotopic (exact) mass is 529 g/mol. The van der Waals surface area contributed by atoms with Gasteiger partial charge in [-0.3, -0.25) is 9.89 Å². The van der Waals surface area contributed by atoms with Gasteiger partial charge in [-0.2, -0.15) is 0 Å². The Morgan fingerprint density at radius 3 is 2.52 bits per heavy atom. The van der Waals surface area contributed by atoms with Crippen LogP contribution in [0.2, 0.25) is 10.0 Å². The number of hydrogen-bond acceptors (Lipinski definition) is 4. The quantitative estimate of drug-likeness (QED) is 0.300. The van der Waals surface area contributed by atoms with Crippen LogP contribution in [0.5, 0.6) is 0 Å². The second kappa shape index (κ2) is 12.3. The van der Waals surface area contributed by atoms with Crippen LogP contribution in [-0.4, -0.2) is 80.3 Å². The minimum absolute atomic E-state index is 0. The molecule has 0 saturated carbocycles. The molecule has 2 rings (SSSR count). The van der Waals surface area contributed by atoms with E-state index in [9.17, 15) is 5.11 Å². The van der Waals surface area contributed by atoms with Gasteiger partial charge in [0.1, 0.15) is 0 Å². The van der Waals surface area contributed by atoms with Crippen LogP contribution in [0.1, 0.15) is 18.6 Å². The second-order valence-corrected chi connectivity index (χ2v) is 7.59. The zero-order valence-corrected chi connectivity index (χ0v) is 19.9. The minimum atomic E-state index is -0.759. The number of aliphatic hydroxyl groups is 1. The summed E-state index contributed by atoms with van der Waals surface area (Å²) < 4.78 is 0. The molecule has 1 aromatic rings. The Bertz CT molecular complexity index is 599. The van der Waals surface area contributed by atoms with E-state index in [1.165, 1.54) is 0 Å². The highest BCUT2D eigenvalue weighted by Gasteiger charge is 2.22. The minimum Gasteiger partial charge on any atom is -0.386 e. The summed E-state index contributed by atoms with van der Waals surface area (Å²) in [5, 5.41) is 18.0. The molecule has 154 valence electrons. The van der Waals surface area contributed by atoms with Gasteiger partial charge in [0.05, 0.1) is 12.6 Å². The van der Waals surface area contributed by atoms with E-state index in [0.717, 1.165) is 32.7 Å². The third kappa shape index (κ3) is 8.29. The molecular formula is C18H30Cl2IN5O. The SMILES string of the molecule is CCNC(=NCC(O)c1cc(Cl)cc(Cl)c1)NCC1CN(C)CCN1C.I. The van der Waals surface area contributed by atoms with Gasteiger partial charge in [0, 0.05) is 48.8 Å². The molecule has 0 aliphatic carbocycles. The fourth-order valence-electron chi connectivity index (χ4n) is 2.93. The number of rotatable bonds is 6. The van der Waals surface area contributed by atoms with Crippen LogP contribution in [0.25, 0.3) is 0 Å². The summed E-state index contributed by atoms with van der Waals surface area (Å²) in [5.41, 5.74) is 0.663. The molecule has 1 fully saturated rings. The van der Waals surface area contributed by atoms with Gasteiger partial charge in [0.2, 0.25) is 0 Å². The highest BCUT2D eigenvalue weighted by atomic mass is 127. The maximum absolute atomic E-state index is 10.4. The molecule has 1 aliphatic heterocycles. The van der Waals surface area contributed by atoms with Crippen LogP contribution in [0, 0.1) is 0 Å². The van der Waals surface area contributed by atoms with Crippen LogP contribution in [-0.2, 0) is 0 Å². The Kier molecular flexibility index (Phi) is 11.2. The number of aliphatic imine (C=N–C) groups is 1. The van der Waals surface area contributed by atoms with Crippen LogP contribution in [0.15, 0.2) is 23.2 Å². The predicted molar refractivity (Wildman–Crippen MR) is 125 cm³/mol. The zero-order valence-electron chi connectivity index (χ0n) is 16.1. The van der Waals surface area contributed by atoms with Crippen molar-refractivity contribution in [3.05, 3.63) is 33.8 Å². The number of nitrogens with zero attached hydrogens (tertiary/aromatic N) is 3. The number of hydrogen-bond donors (Lipinski definition) is 3. The number of guanidine groups is 1. The average Bonchev–Trinajstić information content (AvgIpc) is 2.59. The maximum atomic E-state index is 10.4. The van der Waals surface area contributed by atoms with Crippen LogP contribution < -0.4 is 10.6 Å². The molecule has 1 aliphatic rings. The molecule has 2 atom stereocenters. The fourth-order valence-corrected chi connectivity index (χ4v) is 3.47. The first-order valence-electron chi connectivity index (χ1n) is 8.94. The summed E-state index contributed by atoms with van der Waals surface area (Å²) in [6.07, 6.45) is -0.759. The molecule has 6 nitrogen and oxygen atoms in total. The Morgan fingerprint density at radius 1 is 1.22 bits per heavy atom. The van der Waals surface area contributed by atoms with E-state index in [4.69, 9.17) is 23.2 Å². The van der Waals surface area contributed by atoms with Gasteiger partial charge in [0.25, 0.3) is 0 Å². The van der Waals surface area contributed by atoms with Gasteiger partial charge in [-0.25, -0.2) is 0 Å². The molecule has 0 radical (unpaired) electrons. The number of halogens is 3. The van der Waals surface area contributed by atoms with Crippen molar-refractivity contribution >= 4 is 53.1 Å². The first-order chi connectivity index (χ1) is 12.4. The molecule has 1 aromatic carbocycles. The Balaban J connectivity index is 0.00000364. The molecule has 1 heterocycles. The van der Waals surface area contributed by atoms with Gasteiger partial charge in [-0.15, -0.1) is 24.0 Å². The standard InChI is InChI=1S/C18H29Cl2N5O.HI/c1-4-21-18(22-10-16-12-24(2)5-6-25(16)3)23-11-17(26)13-7-14(19)9-15(20)8-13;/h7-9,16-17,26H,4-6,10-12H2,1-3H3,(H2,21,22,23);1H. The summed E-state index contributed by atoms with van der Waals surface area (Å²) in [7, 11) is 4.29. The van der Waals surface area contributed by atoms with Crippen molar-refractivity contribution < 1.29 is 5.11 Å². The fraction of sp³-hybridized carbons (Fsp3) is 0.611. The van der Waals surface area contributed by atoms with Crippen molar-refractivity contribution in [2.75, 3.05) is 53.4 Å². The number of aliphatic hydroxyl groups excluding tert-OH is 1. The van der Waals surface area contributed by atoms with Gasteiger partial charge < -0.3 is 20.6 Å². The predicted octanol–water partition coefficient (Wildman–Crippen LogP) is 2.45. The largest absolute Gasteiger partial charge is 0.386 e. The normalized spacial score (nSPS) is 20.1. The molecule has 0 amide bonds. The lowest BCUT2D eigenvalue weighted by atomic mass is 10.1. The molecule has 0 spiro atoms. The van der Waals surface area contributed by atoms with Crippen molar-refractivity contribution in [1.29, 1.82) is 0 Å². The van der Waals surface area contributed by atoms with Crippen LogP contribution >= 0.6 is 47.2 Å². The van der Waals surface area contributed by atoms with E-state index in [1.807, 2.05) is 6.92 Å². The van der Waals surface area contributed by atoms with Gasteiger partial charge in [-0.1, -0.05) is 23.2 Å². The first kappa shape index (κ1) is 24.7. The van der Waals surface area contributed by atoms with Gasteiger partial charge >= 0.3 is 0 Å². The molecule has 3 N–H and O–H groups in total. The van der Waals surface area contributed by atoms with E-state index in [2.05, 4.69) is 39.5 Å². The summed E-state index contributed by atoms with van der Waals surface area (Å²) >= 11 is 12.0. The first-order valence-corrected chi connectivity index (χ1v) is 9.69.